The van der Waals surface area contributed by atoms with Gasteiger partial charge in [0.1, 0.15) is 11.5 Å². The summed E-state index contributed by atoms with van der Waals surface area (Å²) in [6, 6.07) is 9.40. The summed E-state index contributed by atoms with van der Waals surface area (Å²) in [5, 5.41) is 0. The van der Waals surface area contributed by atoms with Crippen LogP contribution < -0.4 is 18.3 Å². The molecule has 1 atom stereocenters. The third-order valence-corrected chi connectivity index (χ3v) is 11.1. The van der Waals surface area contributed by atoms with Gasteiger partial charge in [0, 0.05) is 5.41 Å². The molecule has 1 unspecified atom stereocenters. The fourth-order valence-corrected chi connectivity index (χ4v) is 9.34. The minimum Gasteiger partial charge on any atom is -0.542 e. The van der Waals surface area contributed by atoms with Gasteiger partial charge in [-0.2, -0.15) is 0 Å². The third-order valence-electron chi connectivity index (χ3n) is 8.01. The van der Waals surface area contributed by atoms with Gasteiger partial charge in [0.05, 0.1) is 30.1 Å². The van der Waals surface area contributed by atoms with Crippen LogP contribution in [0.3, 0.4) is 0 Å². The molecule has 0 saturated heterocycles. The van der Waals surface area contributed by atoms with E-state index in [-0.39, 0.29) is 16.2 Å². The molecule has 0 saturated carbocycles. The maximum atomic E-state index is 6.75. The highest BCUT2D eigenvalue weighted by atomic mass is 28.4. The zero-order valence-electron chi connectivity index (χ0n) is 28.3. The molecule has 2 aromatic carbocycles. The van der Waals surface area contributed by atoms with Crippen LogP contribution in [-0.4, -0.2) is 46.7 Å². The van der Waals surface area contributed by atoms with Gasteiger partial charge < -0.3 is 18.3 Å². The molecule has 2 aliphatic rings. The van der Waals surface area contributed by atoms with Crippen molar-refractivity contribution >= 4 is 34.2 Å². The Kier molecular flexibility index (Phi) is 8.62. The lowest BCUT2D eigenvalue weighted by atomic mass is 9.72. The first-order chi connectivity index (χ1) is 18.6. The van der Waals surface area contributed by atoms with Gasteiger partial charge in [0.2, 0.25) is 16.6 Å². The molecule has 0 amide bonds. The van der Waals surface area contributed by atoms with Crippen molar-refractivity contribution in [2.24, 2.45) is 0 Å². The van der Waals surface area contributed by atoms with Crippen LogP contribution in [-0.2, 0) is 16.2 Å². The lowest BCUT2D eigenvalue weighted by Gasteiger charge is -2.31. The van der Waals surface area contributed by atoms with Gasteiger partial charge in [-0.25, -0.2) is 0 Å². The van der Waals surface area contributed by atoms with E-state index in [0.29, 0.717) is 0 Å². The summed E-state index contributed by atoms with van der Waals surface area (Å²) in [5.41, 5.74) is 5.52. The second-order valence-corrected chi connectivity index (χ2v) is 30.6. The summed E-state index contributed by atoms with van der Waals surface area (Å²) < 4.78 is 26.5. The highest BCUT2D eigenvalue weighted by molar-refractivity contribution is 6.70. The molecule has 226 valence electrons. The van der Waals surface area contributed by atoms with Gasteiger partial charge in [-0.15, -0.1) is 0 Å². The fourth-order valence-electron chi connectivity index (χ4n) is 6.81. The normalized spacial score (nSPS) is 20.9. The maximum Gasteiger partial charge on any atom is 0.242 e. The summed E-state index contributed by atoms with van der Waals surface area (Å²) in [7, 11) is -4.78. The van der Waals surface area contributed by atoms with Crippen molar-refractivity contribution in [2.45, 2.75) is 122 Å². The number of fused-ring (bicyclic) bond motifs is 4. The zero-order chi connectivity index (χ0) is 30.8. The Labute approximate surface area is 256 Å². The molecule has 1 spiro atoms. The van der Waals surface area contributed by atoms with Gasteiger partial charge in [-0.3, -0.25) is 0 Å². The quantitative estimate of drug-likeness (QED) is 0.247. The summed E-state index contributed by atoms with van der Waals surface area (Å²) >= 11 is 0. The minimum atomic E-state index is -1.87. The molecule has 0 N–H and O–H groups in total. The Balaban J connectivity index is 1.96. The first kappa shape index (κ1) is 32.4. The molecule has 2 aliphatic carbocycles. The second-order valence-electron chi connectivity index (χ2n) is 16.3. The van der Waals surface area contributed by atoms with Gasteiger partial charge >= 0.3 is 0 Å². The topological polar surface area (TPSA) is 36.9 Å². The lowest BCUT2D eigenvalue weighted by Crippen LogP contribution is -2.30. The van der Waals surface area contributed by atoms with Gasteiger partial charge in [-0.05, 0) is 109 Å². The van der Waals surface area contributed by atoms with Gasteiger partial charge in [-0.1, -0.05) is 53.9 Å². The van der Waals surface area contributed by atoms with E-state index in [2.05, 4.69) is 117 Å². The molecule has 4 rings (SSSR count). The average Bonchev–Trinajstić information content (AvgIpc) is 3.12. The Morgan fingerprint density at radius 3 is 1.22 bits per heavy atom. The number of benzene rings is 2. The van der Waals surface area contributed by atoms with E-state index in [1.807, 2.05) is 0 Å². The van der Waals surface area contributed by atoms with E-state index in [4.69, 9.17) is 18.3 Å². The Morgan fingerprint density at radius 2 is 0.878 bits per heavy atom. The standard InChI is InChI=1S/C33H54O4Si4/c1-31(2)19-33(26-18-30(37-41(12,13)14)27(15-23(26)31)34-21-38(5)6)20-32(3,4)24-16-29(36-40(9,10)11)28(17-25(24)33)35-22-39(7)8/h15-18H,19-22H2,1-14H3. The van der Waals surface area contributed by atoms with Crippen molar-refractivity contribution in [1.82, 2.24) is 0 Å². The van der Waals surface area contributed by atoms with E-state index < -0.39 is 34.2 Å². The summed E-state index contributed by atoms with van der Waals surface area (Å²) in [5.74, 6) is 3.69. The van der Waals surface area contributed by atoms with Crippen LogP contribution in [0.2, 0.25) is 65.5 Å². The largest absolute Gasteiger partial charge is 0.542 e. The molecule has 41 heavy (non-hydrogen) atoms. The van der Waals surface area contributed by atoms with Crippen LogP contribution in [0, 0.1) is 0 Å². The highest BCUT2D eigenvalue weighted by Gasteiger charge is 2.57. The second kappa shape index (κ2) is 10.9. The van der Waals surface area contributed by atoms with Crippen molar-refractivity contribution in [1.29, 1.82) is 0 Å². The van der Waals surface area contributed by atoms with Crippen LogP contribution in [0.1, 0.15) is 62.8 Å². The van der Waals surface area contributed by atoms with Crippen LogP contribution in [0.15, 0.2) is 24.3 Å². The average molecular weight is 627 g/mol. The number of rotatable bonds is 10. The molecule has 4 nitrogen and oxygen atoms in total. The maximum absolute atomic E-state index is 6.75. The SMILES string of the molecule is C[Si](C)COc1cc2c(cc1O[Si](C)(C)C)C(C)(C)CC21CC(C)(C)c2cc(OC[Si](C)C)c(O[Si](C)(C)C)cc21. The monoisotopic (exact) mass is 626 g/mol. The molecule has 2 radical (unpaired) electrons. The lowest BCUT2D eigenvalue weighted by molar-refractivity contribution is 0.347. The molecule has 0 fully saturated rings. The zero-order valence-corrected chi connectivity index (χ0v) is 32.3. The van der Waals surface area contributed by atoms with Crippen LogP contribution in [0.25, 0.3) is 0 Å². The Hall–Kier alpha value is -1.49. The third kappa shape index (κ3) is 6.86. The first-order valence-corrected chi connectivity index (χ1v) is 27.5. The Morgan fingerprint density at radius 1 is 0.561 bits per heavy atom. The van der Waals surface area contributed by atoms with Crippen LogP contribution in [0.5, 0.6) is 23.0 Å². The predicted molar refractivity (Wildman–Crippen MR) is 183 cm³/mol. The fraction of sp³-hybridized carbons (Fsp3) is 0.636. The van der Waals surface area contributed by atoms with Crippen molar-refractivity contribution in [3.8, 4) is 23.0 Å². The molecule has 8 heteroatoms. The molecular formula is C33H54O4Si4. The summed E-state index contributed by atoms with van der Waals surface area (Å²) in [6.45, 7) is 32.4. The van der Waals surface area contributed by atoms with E-state index in [1.54, 1.807) is 0 Å². The van der Waals surface area contributed by atoms with E-state index >= 15 is 0 Å². The number of hydrogen-bond donors (Lipinski definition) is 0. The molecule has 0 bridgehead atoms. The van der Waals surface area contributed by atoms with Crippen molar-refractivity contribution < 1.29 is 18.3 Å². The Bertz CT molecular complexity index is 1290. The number of ether oxygens (including phenoxy) is 2. The smallest absolute Gasteiger partial charge is 0.242 e. The molecule has 0 heterocycles. The van der Waals surface area contributed by atoms with E-state index in [1.165, 1.54) is 22.3 Å². The minimum absolute atomic E-state index is 0.00425. The molecule has 0 aromatic heterocycles. The molecular weight excluding hydrogens is 573 g/mol. The summed E-state index contributed by atoms with van der Waals surface area (Å²) in [4.78, 5) is 0. The summed E-state index contributed by atoms with van der Waals surface area (Å²) in [6.07, 6.45) is 3.67. The van der Waals surface area contributed by atoms with Crippen LogP contribution >= 0.6 is 0 Å². The highest BCUT2D eigenvalue weighted by Crippen LogP contribution is 2.65. The van der Waals surface area contributed by atoms with Crippen molar-refractivity contribution in [3.63, 3.8) is 0 Å². The molecule has 2 aromatic rings. The molecule has 0 aliphatic heterocycles. The first-order valence-electron chi connectivity index (χ1n) is 15.2. The van der Waals surface area contributed by atoms with Crippen molar-refractivity contribution in [3.05, 3.63) is 46.5 Å². The van der Waals surface area contributed by atoms with Gasteiger partial charge in [0.15, 0.2) is 11.5 Å². The van der Waals surface area contributed by atoms with E-state index in [9.17, 15) is 0 Å². The van der Waals surface area contributed by atoms with Crippen molar-refractivity contribution in [2.75, 3.05) is 12.5 Å². The predicted octanol–water partition coefficient (Wildman–Crippen LogP) is 9.11. The van der Waals surface area contributed by atoms with E-state index in [0.717, 1.165) is 48.3 Å². The number of hydrogen-bond acceptors (Lipinski definition) is 4. The van der Waals surface area contributed by atoms with Crippen LogP contribution in [0.4, 0.5) is 0 Å². The van der Waals surface area contributed by atoms with Gasteiger partial charge in [0.25, 0.3) is 0 Å².